The van der Waals surface area contributed by atoms with Crippen LogP contribution in [0.3, 0.4) is 0 Å². The van der Waals surface area contributed by atoms with Crippen molar-refractivity contribution >= 4 is 12.6 Å². The molecule has 1 aliphatic rings. The van der Waals surface area contributed by atoms with E-state index in [1.165, 1.54) is 0 Å². The molecule has 0 saturated heterocycles. The van der Waals surface area contributed by atoms with Gasteiger partial charge in [-0.25, -0.2) is 4.79 Å². The fraction of sp³-hybridized carbons (Fsp3) is 0.667. The van der Waals surface area contributed by atoms with E-state index in [9.17, 15) is 9.59 Å². The molecule has 0 spiro atoms. The summed E-state index contributed by atoms with van der Waals surface area (Å²) < 4.78 is 9.06. The summed E-state index contributed by atoms with van der Waals surface area (Å²) in [7, 11) is 0. The normalized spacial score (nSPS) is 20.7. The Labute approximate surface area is 102 Å². The molecule has 5 heteroatoms. The molecule has 98 valence electrons. The van der Waals surface area contributed by atoms with E-state index in [1.54, 1.807) is 6.92 Å². The van der Waals surface area contributed by atoms with Gasteiger partial charge in [0.1, 0.15) is 0 Å². The standard InChI is InChI=1S/C9H15NO2.C3H6O2/c1-4-7-5-8(7)10-9(11)12-6(2)3;1-2-5-3-4/h4,6-8H,1,5H2,2-3H3,(H,10,11);3H,2H2,1H3/t7-,8-;/m1./s1. The van der Waals surface area contributed by atoms with Crippen LogP contribution in [0.25, 0.3) is 0 Å². The second-order valence-electron chi connectivity index (χ2n) is 3.89. The number of ether oxygens (including phenoxy) is 2. The van der Waals surface area contributed by atoms with E-state index in [0.717, 1.165) is 6.42 Å². The van der Waals surface area contributed by atoms with Gasteiger partial charge < -0.3 is 14.8 Å². The lowest BCUT2D eigenvalue weighted by molar-refractivity contribution is -0.128. The first kappa shape index (κ1) is 15.5. The van der Waals surface area contributed by atoms with Gasteiger partial charge >= 0.3 is 6.09 Å². The maximum Gasteiger partial charge on any atom is 0.407 e. The SMILES string of the molecule is C=C[C@@H]1C[C@H]1NC(=O)OC(C)C.CCOC=O. The molecule has 0 heterocycles. The lowest BCUT2D eigenvalue weighted by Crippen LogP contribution is -2.29. The second-order valence-corrected chi connectivity index (χ2v) is 3.89. The third-order valence-corrected chi connectivity index (χ3v) is 2.02. The molecule has 0 unspecified atom stereocenters. The van der Waals surface area contributed by atoms with Gasteiger partial charge in [0.15, 0.2) is 0 Å². The zero-order valence-electron chi connectivity index (χ0n) is 10.6. The minimum absolute atomic E-state index is 0.0501. The monoisotopic (exact) mass is 243 g/mol. The van der Waals surface area contributed by atoms with Crippen LogP contribution in [0, 0.1) is 5.92 Å². The van der Waals surface area contributed by atoms with Crippen LogP contribution in [0.1, 0.15) is 27.2 Å². The highest BCUT2D eigenvalue weighted by Crippen LogP contribution is 2.30. The second kappa shape index (κ2) is 8.61. The van der Waals surface area contributed by atoms with Crippen LogP contribution in [0.2, 0.25) is 0 Å². The molecule has 5 nitrogen and oxygen atoms in total. The number of amides is 1. The zero-order chi connectivity index (χ0) is 13.3. The first-order chi connectivity index (χ1) is 8.04. The smallest absolute Gasteiger partial charge is 0.407 e. The van der Waals surface area contributed by atoms with E-state index in [1.807, 2.05) is 19.9 Å². The van der Waals surface area contributed by atoms with E-state index < -0.39 is 0 Å². The Morgan fingerprint density at radius 1 is 1.59 bits per heavy atom. The van der Waals surface area contributed by atoms with Gasteiger partial charge in [-0.15, -0.1) is 6.58 Å². The number of carbonyl (C=O) groups excluding carboxylic acids is 2. The summed E-state index contributed by atoms with van der Waals surface area (Å²) in [6.45, 7) is 9.98. The molecule has 1 rings (SSSR count). The summed E-state index contributed by atoms with van der Waals surface area (Å²) in [4.78, 5) is 20.2. The van der Waals surface area contributed by atoms with E-state index in [4.69, 9.17) is 4.74 Å². The lowest BCUT2D eigenvalue weighted by Gasteiger charge is -2.08. The van der Waals surface area contributed by atoms with Crippen molar-refractivity contribution in [2.45, 2.75) is 39.3 Å². The maximum atomic E-state index is 11.0. The minimum atomic E-state index is -0.320. The Morgan fingerprint density at radius 3 is 2.53 bits per heavy atom. The number of alkyl carbamates (subject to hydrolysis) is 1. The lowest BCUT2D eigenvalue weighted by atomic mass is 10.4. The van der Waals surface area contributed by atoms with Crippen molar-refractivity contribution in [2.24, 2.45) is 5.92 Å². The summed E-state index contributed by atoms with van der Waals surface area (Å²) in [6, 6.07) is 0.258. The van der Waals surface area contributed by atoms with Crippen molar-refractivity contribution in [1.29, 1.82) is 0 Å². The van der Waals surface area contributed by atoms with Gasteiger partial charge in [0, 0.05) is 6.04 Å². The fourth-order valence-electron chi connectivity index (χ4n) is 1.11. The van der Waals surface area contributed by atoms with Gasteiger partial charge in [-0.1, -0.05) is 6.08 Å². The molecular formula is C12H21NO4. The highest BCUT2D eigenvalue weighted by atomic mass is 16.6. The maximum absolute atomic E-state index is 11.0. The third kappa shape index (κ3) is 8.30. The highest BCUT2D eigenvalue weighted by Gasteiger charge is 2.36. The summed E-state index contributed by atoms with van der Waals surface area (Å²) in [6.07, 6.45) is 2.49. The molecule has 0 bridgehead atoms. The van der Waals surface area contributed by atoms with Crippen LogP contribution < -0.4 is 5.32 Å². The molecule has 0 aliphatic heterocycles. The number of nitrogens with one attached hydrogen (secondary N) is 1. The Morgan fingerprint density at radius 2 is 2.24 bits per heavy atom. The van der Waals surface area contributed by atoms with Crippen LogP contribution in [0.4, 0.5) is 4.79 Å². The van der Waals surface area contributed by atoms with Crippen LogP contribution in [0.5, 0.6) is 0 Å². The average Bonchev–Trinajstić information content (AvgIpc) is 2.97. The fourth-order valence-corrected chi connectivity index (χ4v) is 1.11. The topological polar surface area (TPSA) is 64.6 Å². The molecule has 0 radical (unpaired) electrons. The van der Waals surface area contributed by atoms with Crippen LogP contribution in [-0.4, -0.2) is 31.3 Å². The third-order valence-electron chi connectivity index (χ3n) is 2.02. The minimum Gasteiger partial charge on any atom is -0.468 e. The molecule has 1 aliphatic carbocycles. The van der Waals surface area contributed by atoms with E-state index >= 15 is 0 Å². The summed E-state index contributed by atoms with van der Waals surface area (Å²) in [5, 5.41) is 2.75. The Balaban J connectivity index is 0.000000437. The van der Waals surface area contributed by atoms with E-state index in [2.05, 4.69) is 16.6 Å². The molecule has 0 aromatic carbocycles. The van der Waals surface area contributed by atoms with Gasteiger partial charge in [0.2, 0.25) is 0 Å². The van der Waals surface area contributed by atoms with Gasteiger partial charge in [-0.05, 0) is 33.1 Å². The molecule has 1 fully saturated rings. The van der Waals surface area contributed by atoms with Gasteiger partial charge in [-0.2, -0.15) is 0 Å². The van der Waals surface area contributed by atoms with Gasteiger partial charge in [0.05, 0.1) is 12.7 Å². The zero-order valence-corrected chi connectivity index (χ0v) is 10.6. The molecule has 1 saturated carbocycles. The Bertz CT molecular complexity index is 253. The molecule has 1 amide bonds. The van der Waals surface area contributed by atoms with Crippen molar-refractivity contribution in [2.75, 3.05) is 6.61 Å². The van der Waals surface area contributed by atoms with Gasteiger partial charge in [-0.3, -0.25) is 4.79 Å². The molecule has 17 heavy (non-hydrogen) atoms. The summed E-state index contributed by atoms with van der Waals surface area (Å²) in [5.41, 5.74) is 0. The number of rotatable bonds is 5. The van der Waals surface area contributed by atoms with E-state index in [0.29, 0.717) is 19.0 Å². The first-order valence-corrected chi connectivity index (χ1v) is 5.70. The molecule has 0 aromatic heterocycles. The number of hydrogen-bond acceptors (Lipinski definition) is 4. The van der Waals surface area contributed by atoms with Crippen LogP contribution >= 0.6 is 0 Å². The summed E-state index contributed by atoms with van der Waals surface area (Å²) >= 11 is 0. The van der Waals surface area contributed by atoms with E-state index in [-0.39, 0.29) is 18.2 Å². The predicted octanol–water partition coefficient (Wildman–Crippen LogP) is 1.87. The highest BCUT2D eigenvalue weighted by molar-refractivity contribution is 5.68. The number of carbonyl (C=O) groups is 2. The van der Waals surface area contributed by atoms with Crippen molar-refractivity contribution in [1.82, 2.24) is 5.32 Å². The Hall–Kier alpha value is -1.52. The van der Waals surface area contributed by atoms with Crippen molar-refractivity contribution in [3.05, 3.63) is 12.7 Å². The van der Waals surface area contributed by atoms with Crippen molar-refractivity contribution < 1.29 is 19.1 Å². The largest absolute Gasteiger partial charge is 0.468 e. The average molecular weight is 243 g/mol. The molecule has 0 aromatic rings. The Kier molecular flexibility index (Phi) is 7.84. The van der Waals surface area contributed by atoms with Crippen LogP contribution in [0.15, 0.2) is 12.7 Å². The molecule has 2 atom stereocenters. The quantitative estimate of drug-likeness (QED) is 0.591. The molecular weight excluding hydrogens is 222 g/mol. The van der Waals surface area contributed by atoms with Gasteiger partial charge in [0.25, 0.3) is 6.47 Å². The van der Waals surface area contributed by atoms with Crippen molar-refractivity contribution in [3.63, 3.8) is 0 Å². The van der Waals surface area contributed by atoms with Crippen molar-refractivity contribution in [3.8, 4) is 0 Å². The number of hydrogen-bond donors (Lipinski definition) is 1. The predicted molar refractivity (Wildman–Crippen MR) is 64.5 cm³/mol. The van der Waals surface area contributed by atoms with Crippen LogP contribution in [-0.2, 0) is 14.3 Å². The first-order valence-electron chi connectivity index (χ1n) is 5.70. The molecule has 1 N–H and O–H groups in total. The summed E-state index contributed by atoms with van der Waals surface area (Å²) in [5.74, 6) is 0.449.